The van der Waals surface area contributed by atoms with E-state index in [2.05, 4.69) is 16.8 Å². The van der Waals surface area contributed by atoms with Gasteiger partial charge in [-0.15, -0.1) is 0 Å². The van der Waals surface area contributed by atoms with Crippen molar-refractivity contribution in [2.24, 2.45) is 17.3 Å². The number of imidazole rings is 1. The Kier molecular flexibility index (Phi) is 11.1. The molecule has 0 atom stereocenters. The lowest BCUT2D eigenvalue weighted by Crippen LogP contribution is -2.23. The Labute approximate surface area is 235 Å². The third kappa shape index (κ3) is 8.49. The number of nitrogens with zero attached hydrogens (tertiary/aromatic N) is 2. The highest BCUT2D eigenvalue weighted by molar-refractivity contribution is 6.30. The molecule has 1 aromatic heterocycles. The van der Waals surface area contributed by atoms with E-state index in [0.717, 1.165) is 32.1 Å². The normalized spacial score (nSPS) is 17.4. The average molecular weight is 564 g/mol. The van der Waals surface area contributed by atoms with Crippen LogP contribution >= 0.6 is 23.2 Å². The zero-order valence-electron chi connectivity index (χ0n) is 22.5. The van der Waals surface area contributed by atoms with Gasteiger partial charge in [0.15, 0.2) is 5.78 Å². The van der Waals surface area contributed by atoms with E-state index < -0.39 is 5.41 Å². The van der Waals surface area contributed by atoms with Crippen molar-refractivity contribution in [1.29, 1.82) is 0 Å². The first-order valence-electron chi connectivity index (χ1n) is 12.9. The van der Waals surface area contributed by atoms with Crippen LogP contribution in [0.25, 0.3) is 0 Å². The molecule has 38 heavy (non-hydrogen) atoms. The molecule has 0 N–H and O–H groups in total. The molecule has 1 heterocycles. The van der Waals surface area contributed by atoms with Crippen molar-refractivity contribution in [3.63, 3.8) is 0 Å². The second-order valence-electron chi connectivity index (χ2n) is 10.3. The smallest absolute Gasteiger partial charge is 0.308 e. The molecule has 0 bridgehead atoms. The van der Waals surface area contributed by atoms with E-state index >= 15 is 0 Å². The first-order chi connectivity index (χ1) is 18.1. The number of Topliss-reactive ketones (excluding diaryl/α,β-unsaturated/α-hetero) is 1. The quantitative estimate of drug-likeness (QED) is 0.183. The van der Waals surface area contributed by atoms with Crippen LogP contribution in [0.15, 0.2) is 24.3 Å². The lowest BCUT2D eigenvalue weighted by molar-refractivity contribution is -0.146. The third-order valence-electron chi connectivity index (χ3n) is 6.77. The maximum Gasteiger partial charge on any atom is 0.308 e. The lowest BCUT2D eigenvalue weighted by atomic mass is 9.79. The molecular weight excluding hydrogens is 527 g/mol. The fraction of sp³-hybridized carbons (Fsp3) is 0.552. The molecule has 0 aliphatic heterocycles. The first-order valence-corrected chi connectivity index (χ1v) is 13.7. The number of ether oxygens (including phenoxy) is 3. The van der Waals surface area contributed by atoms with E-state index in [4.69, 9.17) is 37.4 Å². The number of benzene rings is 1. The summed E-state index contributed by atoms with van der Waals surface area (Å²) in [5, 5.41) is 0.821. The van der Waals surface area contributed by atoms with Gasteiger partial charge in [0.2, 0.25) is 5.28 Å². The Morgan fingerprint density at radius 1 is 1.11 bits per heavy atom. The molecule has 1 aliphatic carbocycles. The van der Waals surface area contributed by atoms with E-state index in [0.29, 0.717) is 47.7 Å². The minimum Gasteiger partial charge on any atom is -0.492 e. The largest absolute Gasteiger partial charge is 0.492 e. The molecule has 0 saturated heterocycles. The van der Waals surface area contributed by atoms with Gasteiger partial charge in [0.05, 0.1) is 26.2 Å². The maximum absolute atomic E-state index is 13.5. The molecule has 0 radical (unpaired) electrons. The Hall–Kier alpha value is -2.53. The van der Waals surface area contributed by atoms with Crippen molar-refractivity contribution in [2.45, 2.75) is 58.9 Å². The van der Waals surface area contributed by atoms with Gasteiger partial charge in [-0.2, -0.15) is 0 Å². The number of carbonyl (C=O) groups is 2. The van der Waals surface area contributed by atoms with Crippen molar-refractivity contribution in [3.05, 3.63) is 46.0 Å². The highest BCUT2D eigenvalue weighted by atomic mass is 35.5. The summed E-state index contributed by atoms with van der Waals surface area (Å²) in [7, 11) is 3.06. The number of hydrogen-bond donors (Lipinski definition) is 0. The minimum absolute atomic E-state index is 0.0369. The lowest BCUT2D eigenvalue weighted by Gasteiger charge is -2.26. The van der Waals surface area contributed by atoms with Gasteiger partial charge in [0, 0.05) is 24.0 Å². The molecule has 206 valence electrons. The Morgan fingerprint density at radius 2 is 1.79 bits per heavy atom. The van der Waals surface area contributed by atoms with Crippen LogP contribution in [0.1, 0.15) is 68.6 Å². The van der Waals surface area contributed by atoms with E-state index in [-0.39, 0.29) is 29.6 Å². The second kappa shape index (κ2) is 14.0. The van der Waals surface area contributed by atoms with E-state index in [1.54, 1.807) is 35.9 Å². The average Bonchev–Trinajstić information content (AvgIpc) is 3.22. The topological polar surface area (TPSA) is 79.7 Å². The fourth-order valence-electron chi connectivity index (χ4n) is 4.72. The van der Waals surface area contributed by atoms with Crippen molar-refractivity contribution in [2.75, 3.05) is 27.4 Å². The molecule has 1 aromatic carbocycles. The number of halogens is 2. The van der Waals surface area contributed by atoms with Crippen LogP contribution in [0.3, 0.4) is 0 Å². The molecule has 0 unspecified atom stereocenters. The summed E-state index contributed by atoms with van der Waals surface area (Å²) in [6, 6.07) is 7.08. The van der Waals surface area contributed by atoms with Gasteiger partial charge in [-0.3, -0.25) is 9.59 Å². The van der Waals surface area contributed by atoms with Crippen molar-refractivity contribution in [1.82, 2.24) is 9.55 Å². The number of carbonyl (C=O) groups excluding carboxylic acids is 2. The number of esters is 1. The van der Waals surface area contributed by atoms with Gasteiger partial charge in [-0.05, 0) is 93.7 Å². The van der Waals surface area contributed by atoms with Crippen LogP contribution in [-0.2, 0) is 20.8 Å². The van der Waals surface area contributed by atoms with Crippen LogP contribution in [0.5, 0.6) is 5.75 Å². The molecule has 2 aromatic rings. The standard InChI is InChI=1S/C29H36Cl2N2O5/c1-29(2,19-36-3)16-15-24-26(25(34)14-7-20-5-8-21(9-6-20)27(35)37-4)33(28(31)32-24)17-18-38-23-12-10-22(30)11-13-23/h10-13,20-21H,5-9,14,17-19H2,1-4H3. The zero-order chi connectivity index (χ0) is 27.7. The number of methoxy groups -OCH3 is 2. The predicted octanol–water partition coefficient (Wildman–Crippen LogP) is 6.24. The van der Waals surface area contributed by atoms with E-state index in [1.807, 2.05) is 13.8 Å². The maximum atomic E-state index is 13.5. The van der Waals surface area contributed by atoms with Gasteiger partial charge < -0.3 is 18.8 Å². The molecular formula is C29H36Cl2N2O5. The Morgan fingerprint density at radius 3 is 2.42 bits per heavy atom. The van der Waals surface area contributed by atoms with Gasteiger partial charge in [0.1, 0.15) is 23.7 Å². The SMILES string of the molecule is COCC(C)(C)C#Cc1nc(Cl)n(CCOc2ccc(Cl)cc2)c1C(=O)CCC1CCC(C(=O)OC)CC1. The molecule has 7 nitrogen and oxygen atoms in total. The number of hydrogen-bond acceptors (Lipinski definition) is 6. The van der Waals surface area contributed by atoms with Crippen LogP contribution in [0.4, 0.5) is 0 Å². The number of rotatable bonds is 11. The van der Waals surface area contributed by atoms with E-state index in [1.165, 1.54) is 7.11 Å². The summed E-state index contributed by atoms with van der Waals surface area (Å²) in [6.07, 6.45) is 4.48. The van der Waals surface area contributed by atoms with E-state index in [9.17, 15) is 9.59 Å². The summed E-state index contributed by atoms with van der Waals surface area (Å²) in [6.45, 7) is 5.00. The van der Waals surface area contributed by atoms with Gasteiger partial charge in [0.25, 0.3) is 0 Å². The van der Waals surface area contributed by atoms with Crippen LogP contribution < -0.4 is 4.74 Å². The first kappa shape index (κ1) is 30.0. The fourth-order valence-corrected chi connectivity index (χ4v) is 5.10. The summed E-state index contributed by atoms with van der Waals surface area (Å²) in [4.78, 5) is 29.8. The molecule has 9 heteroatoms. The Bertz CT molecular complexity index is 1160. The third-order valence-corrected chi connectivity index (χ3v) is 7.31. The van der Waals surface area contributed by atoms with Gasteiger partial charge in [-0.25, -0.2) is 4.98 Å². The molecule has 3 rings (SSSR count). The van der Waals surface area contributed by atoms with Gasteiger partial charge >= 0.3 is 5.97 Å². The summed E-state index contributed by atoms with van der Waals surface area (Å²) < 4.78 is 17.7. The highest BCUT2D eigenvalue weighted by Crippen LogP contribution is 2.33. The van der Waals surface area contributed by atoms with Crippen LogP contribution in [0.2, 0.25) is 10.3 Å². The van der Waals surface area contributed by atoms with Crippen molar-refractivity contribution in [3.8, 4) is 17.6 Å². The van der Waals surface area contributed by atoms with Crippen molar-refractivity contribution >= 4 is 35.0 Å². The second-order valence-corrected chi connectivity index (χ2v) is 11.1. The monoisotopic (exact) mass is 562 g/mol. The Balaban J connectivity index is 1.74. The molecule has 0 amide bonds. The summed E-state index contributed by atoms with van der Waals surface area (Å²) in [5.74, 6) is 7.08. The predicted molar refractivity (Wildman–Crippen MR) is 148 cm³/mol. The molecule has 1 saturated carbocycles. The molecule has 1 aliphatic rings. The van der Waals surface area contributed by atoms with Gasteiger partial charge in [-0.1, -0.05) is 17.5 Å². The van der Waals surface area contributed by atoms with Crippen molar-refractivity contribution < 1.29 is 23.8 Å². The minimum atomic E-state index is -0.415. The molecule has 0 spiro atoms. The number of aromatic nitrogens is 2. The van der Waals surface area contributed by atoms with Crippen LogP contribution in [-0.4, -0.2) is 48.7 Å². The number of ketones is 1. The summed E-state index contributed by atoms with van der Waals surface area (Å²) >= 11 is 12.5. The van der Waals surface area contributed by atoms with Crippen LogP contribution in [0, 0.1) is 29.1 Å². The zero-order valence-corrected chi connectivity index (χ0v) is 24.0. The highest BCUT2D eigenvalue weighted by Gasteiger charge is 2.28. The molecule has 1 fully saturated rings. The summed E-state index contributed by atoms with van der Waals surface area (Å²) in [5.41, 5.74) is 0.352.